The summed E-state index contributed by atoms with van der Waals surface area (Å²) in [7, 11) is -2.24. The zero-order valence-corrected chi connectivity index (χ0v) is 16.6. The van der Waals surface area contributed by atoms with Crippen LogP contribution in [0.4, 0.5) is 8.78 Å². The molecule has 0 aliphatic rings. The van der Waals surface area contributed by atoms with Crippen molar-refractivity contribution in [2.75, 3.05) is 19.9 Å². The highest BCUT2D eigenvalue weighted by atomic mass is 35.5. The molecule has 28 heavy (non-hydrogen) atoms. The lowest BCUT2D eigenvalue weighted by molar-refractivity contribution is -0.0512. The number of benzene rings is 2. The fraction of sp³-hybridized carbons (Fsp3) is 0.278. The Labute approximate surface area is 166 Å². The van der Waals surface area contributed by atoms with Gasteiger partial charge in [-0.25, -0.2) is 8.42 Å². The molecule has 10 heteroatoms. The zero-order valence-electron chi connectivity index (χ0n) is 15.0. The number of ether oxygens (including phenoxy) is 2. The second kappa shape index (κ2) is 9.20. The Kier molecular flexibility index (Phi) is 7.20. The van der Waals surface area contributed by atoms with Gasteiger partial charge >= 0.3 is 6.61 Å². The van der Waals surface area contributed by atoms with E-state index in [-0.39, 0.29) is 33.5 Å². The fourth-order valence-electron chi connectivity index (χ4n) is 2.42. The first kappa shape index (κ1) is 21.9. The molecule has 0 saturated heterocycles. The molecule has 0 fully saturated rings. The minimum absolute atomic E-state index is 0.0313. The number of methoxy groups -OCH3 is 1. The van der Waals surface area contributed by atoms with E-state index >= 15 is 0 Å². The van der Waals surface area contributed by atoms with Crippen molar-refractivity contribution in [1.29, 1.82) is 0 Å². The Morgan fingerprint density at radius 1 is 1.18 bits per heavy atom. The Morgan fingerprint density at radius 3 is 2.50 bits per heavy atom. The van der Waals surface area contributed by atoms with E-state index in [4.69, 9.17) is 16.3 Å². The largest absolute Gasteiger partial charge is 0.493 e. The maximum absolute atomic E-state index is 12.5. The predicted octanol–water partition coefficient (Wildman–Crippen LogP) is 3.33. The molecule has 152 valence electrons. The summed E-state index contributed by atoms with van der Waals surface area (Å²) in [6.07, 6.45) is 1.33. The number of hydrogen-bond donors (Lipinski definition) is 1. The van der Waals surface area contributed by atoms with Crippen molar-refractivity contribution in [2.24, 2.45) is 0 Å². The summed E-state index contributed by atoms with van der Waals surface area (Å²) in [5, 5.41) is 2.67. The molecule has 2 aromatic carbocycles. The highest BCUT2D eigenvalue weighted by molar-refractivity contribution is 7.90. The Balaban J connectivity index is 2.05. The monoisotopic (exact) mass is 433 g/mol. The van der Waals surface area contributed by atoms with Crippen molar-refractivity contribution in [1.82, 2.24) is 5.32 Å². The Morgan fingerprint density at radius 2 is 1.89 bits per heavy atom. The molecule has 0 aliphatic heterocycles. The lowest BCUT2D eigenvalue weighted by Crippen LogP contribution is -2.26. The van der Waals surface area contributed by atoms with Gasteiger partial charge in [-0.3, -0.25) is 4.79 Å². The van der Waals surface area contributed by atoms with Crippen molar-refractivity contribution in [3.63, 3.8) is 0 Å². The molecule has 0 atom stereocenters. The summed E-state index contributed by atoms with van der Waals surface area (Å²) in [5.41, 5.74) is 0.783. The highest BCUT2D eigenvalue weighted by Gasteiger charge is 2.16. The molecule has 6 nitrogen and oxygen atoms in total. The molecule has 0 saturated carbocycles. The topological polar surface area (TPSA) is 81.7 Å². The minimum Gasteiger partial charge on any atom is -0.493 e. The van der Waals surface area contributed by atoms with Crippen LogP contribution in [0.5, 0.6) is 11.5 Å². The number of carbonyl (C=O) groups excluding carboxylic acids is 1. The van der Waals surface area contributed by atoms with Crippen LogP contribution >= 0.6 is 11.6 Å². The van der Waals surface area contributed by atoms with E-state index in [0.29, 0.717) is 12.0 Å². The van der Waals surface area contributed by atoms with Gasteiger partial charge in [0.1, 0.15) is 0 Å². The number of halogens is 3. The van der Waals surface area contributed by atoms with Gasteiger partial charge in [0, 0.05) is 18.4 Å². The Bertz CT molecular complexity index is 966. The quantitative estimate of drug-likeness (QED) is 0.690. The van der Waals surface area contributed by atoms with Crippen molar-refractivity contribution in [3.8, 4) is 11.5 Å². The van der Waals surface area contributed by atoms with Gasteiger partial charge in [-0.15, -0.1) is 0 Å². The van der Waals surface area contributed by atoms with Crippen LogP contribution in [-0.4, -0.2) is 40.8 Å². The number of amides is 1. The molecular weight excluding hydrogens is 416 g/mol. The summed E-state index contributed by atoms with van der Waals surface area (Å²) in [6.45, 7) is -2.80. The van der Waals surface area contributed by atoms with E-state index in [1.807, 2.05) is 0 Å². The third kappa shape index (κ3) is 5.80. The van der Waals surface area contributed by atoms with Crippen LogP contribution in [0.15, 0.2) is 41.3 Å². The van der Waals surface area contributed by atoms with Crippen LogP contribution in [0.1, 0.15) is 15.9 Å². The second-order valence-corrected chi connectivity index (χ2v) is 8.18. The summed E-state index contributed by atoms with van der Waals surface area (Å²) in [4.78, 5) is 12.1. The van der Waals surface area contributed by atoms with Gasteiger partial charge in [-0.05, 0) is 42.3 Å². The first-order chi connectivity index (χ1) is 13.1. The SMILES string of the molecule is COc1ccc(CCNC(=O)c2ccc(Cl)c(S(C)(=O)=O)c2)cc1OC(F)F. The first-order valence-corrected chi connectivity index (χ1v) is 10.3. The third-order valence-electron chi connectivity index (χ3n) is 3.74. The highest BCUT2D eigenvalue weighted by Crippen LogP contribution is 2.29. The molecule has 2 rings (SSSR count). The molecule has 0 aromatic heterocycles. The normalized spacial score (nSPS) is 11.4. The molecule has 0 spiro atoms. The van der Waals surface area contributed by atoms with E-state index in [1.165, 1.54) is 37.4 Å². The molecule has 0 bridgehead atoms. The Hall–Kier alpha value is -2.39. The lowest BCUT2D eigenvalue weighted by Gasteiger charge is -2.12. The number of carbonyl (C=O) groups is 1. The average molecular weight is 434 g/mol. The second-order valence-electron chi connectivity index (χ2n) is 5.79. The van der Waals surface area contributed by atoms with Crippen LogP contribution < -0.4 is 14.8 Å². The van der Waals surface area contributed by atoms with Crippen LogP contribution in [0.25, 0.3) is 0 Å². The van der Waals surface area contributed by atoms with Crippen molar-refractivity contribution >= 4 is 27.3 Å². The summed E-state index contributed by atoms with van der Waals surface area (Å²) < 4.78 is 57.7. The minimum atomic E-state index is -3.57. The van der Waals surface area contributed by atoms with E-state index < -0.39 is 22.4 Å². The van der Waals surface area contributed by atoms with Gasteiger partial charge in [-0.1, -0.05) is 17.7 Å². The van der Waals surface area contributed by atoms with Gasteiger partial charge in [0.2, 0.25) is 0 Å². The van der Waals surface area contributed by atoms with Crippen LogP contribution in [0.2, 0.25) is 5.02 Å². The predicted molar refractivity (Wildman–Crippen MR) is 100 cm³/mol. The van der Waals surface area contributed by atoms with E-state index in [1.54, 1.807) is 6.07 Å². The third-order valence-corrected chi connectivity index (χ3v) is 5.31. The van der Waals surface area contributed by atoms with Crippen LogP contribution in [-0.2, 0) is 16.3 Å². The number of rotatable bonds is 8. The van der Waals surface area contributed by atoms with Gasteiger partial charge in [0.05, 0.1) is 17.0 Å². The molecule has 0 unspecified atom stereocenters. The van der Waals surface area contributed by atoms with Crippen molar-refractivity contribution in [3.05, 3.63) is 52.5 Å². The van der Waals surface area contributed by atoms with Crippen molar-refractivity contribution in [2.45, 2.75) is 17.9 Å². The summed E-state index contributed by atoms with van der Waals surface area (Å²) in [5.74, 6) is -0.418. The molecule has 0 heterocycles. The van der Waals surface area contributed by atoms with Gasteiger partial charge in [0.25, 0.3) is 5.91 Å². The number of alkyl halides is 2. The molecular formula is C18H18ClF2NO5S. The van der Waals surface area contributed by atoms with Crippen LogP contribution in [0, 0.1) is 0 Å². The average Bonchev–Trinajstić information content (AvgIpc) is 2.60. The lowest BCUT2D eigenvalue weighted by atomic mass is 10.1. The first-order valence-electron chi connectivity index (χ1n) is 8.01. The van der Waals surface area contributed by atoms with E-state index in [9.17, 15) is 22.0 Å². The molecule has 2 aromatic rings. The maximum atomic E-state index is 12.5. The smallest absolute Gasteiger partial charge is 0.387 e. The van der Waals surface area contributed by atoms with Crippen molar-refractivity contribution < 1.29 is 31.5 Å². The molecule has 0 aliphatic carbocycles. The van der Waals surface area contributed by atoms with Crippen LogP contribution in [0.3, 0.4) is 0 Å². The zero-order chi connectivity index (χ0) is 20.9. The summed E-state index contributed by atoms with van der Waals surface area (Å²) >= 11 is 5.86. The van der Waals surface area contributed by atoms with E-state index in [0.717, 1.165) is 6.26 Å². The standard InChI is InChI=1S/C18H18ClF2NO5S/c1-26-14-6-3-11(9-15(14)27-18(20)21)7-8-22-17(23)12-4-5-13(19)16(10-12)28(2,24)25/h3-6,9-10,18H,7-8H2,1-2H3,(H,22,23). The number of sulfone groups is 1. The number of nitrogens with one attached hydrogen (secondary N) is 1. The van der Waals surface area contributed by atoms with E-state index in [2.05, 4.69) is 10.1 Å². The van der Waals surface area contributed by atoms with Gasteiger partial charge in [-0.2, -0.15) is 8.78 Å². The fourth-order valence-corrected chi connectivity index (χ4v) is 3.72. The maximum Gasteiger partial charge on any atom is 0.387 e. The number of hydrogen-bond acceptors (Lipinski definition) is 5. The molecule has 1 N–H and O–H groups in total. The van der Waals surface area contributed by atoms with Gasteiger partial charge in [0.15, 0.2) is 21.3 Å². The van der Waals surface area contributed by atoms with Gasteiger partial charge < -0.3 is 14.8 Å². The summed E-state index contributed by atoms with van der Waals surface area (Å²) in [6, 6.07) is 8.51. The molecule has 0 radical (unpaired) electrons. The molecule has 1 amide bonds.